The number of anilines is 1. The molecule has 0 aliphatic rings. The van der Waals surface area contributed by atoms with Crippen molar-refractivity contribution in [1.29, 1.82) is 0 Å². The molecular formula is C19H15ClF6N8O. The van der Waals surface area contributed by atoms with Crippen molar-refractivity contribution < 1.29 is 31.1 Å². The van der Waals surface area contributed by atoms with Crippen LogP contribution in [-0.4, -0.2) is 54.5 Å². The second-order valence-electron chi connectivity index (χ2n) is 7.05. The number of imidazole rings is 1. The molecule has 3 heterocycles. The SMILES string of the molecule is Cl.O=C(NCC(F)(F)F)Nc1cccc(-c2cnc3cc(-c4nnn(CC(F)(F)F)n4)ccn23)c1. The van der Waals surface area contributed by atoms with Crippen LogP contribution in [0.25, 0.3) is 28.3 Å². The van der Waals surface area contributed by atoms with Crippen LogP contribution in [0.15, 0.2) is 48.8 Å². The topological polar surface area (TPSA) is 102 Å². The van der Waals surface area contributed by atoms with Crippen LogP contribution in [0.3, 0.4) is 0 Å². The molecule has 0 saturated heterocycles. The number of aromatic nitrogens is 6. The van der Waals surface area contributed by atoms with Crippen LogP contribution in [0.5, 0.6) is 0 Å². The molecule has 0 bridgehead atoms. The van der Waals surface area contributed by atoms with Crippen LogP contribution >= 0.6 is 12.4 Å². The lowest BCUT2D eigenvalue weighted by Crippen LogP contribution is -2.36. The molecule has 2 amide bonds. The first kappa shape index (κ1) is 25.7. The number of carbonyl (C=O) groups excluding carboxylic acids is 1. The third-order valence-corrected chi connectivity index (χ3v) is 4.41. The fraction of sp³-hybridized carbons (Fsp3) is 0.211. The summed E-state index contributed by atoms with van der Waals surface area (Å²) in [4.78, 5) is 16.4. The number of rotatable bonds is 5. The first-order valence-electron chi connectivity index (χ1n) is 9.51. The number of fused-ring (bicyclic) bond motifs is 1. The molecule has 16 heteroatoms. The standard InChI is InChI=1S/C19H14F6N8O.ClH/c20-18(21,22)9-27-17(34)28-13-3-1-2-11(6-13)14-8-26-15-7-12(4-5-32(14)15)16-29-31-33(30-16)10-19(23,24)25;/h1-8H,9-10H2,(H2,27,28,34);1H. The number of benzene rings is 1. The van der Waals surface area contributed by atoms with E-state index in [1.165, 1.54) is 12.3 Å². The maximum atomic E-state index is 12.5. The van der Waals surface area contributed by atoms with Gasteiger partial charge in [-0.3, -0.25) is 4.40 Å². The number of hydrogen-bond acceptors (Lipinski definition) is 5. The predicted molar refractivity (Wildman–Crippen MR) is 114 cm³/mol. The molecule has 0 saturated carbocycles. The van der Waals surface area contributed by atoms with E-state index in [1.807, 2.05) is 0 Å². The molecule has 0 radical (unpaired) electrons. The molecule has 4 rings (SSSR count). The summed E-state index contributed by atoms with van der Waals surface area (Å²) in [6, 6.07) is 8.49. The Hall–Kier alpha value is -3.88. The van der Waals surface area contributed by atoms with Crippen molar-refractivity contribution in [2.24, 2.45) is 0 Å². The summed E-state index contributed by atoms with van der Waals surface area (Å²) in [5, 5.41) is 14.8. The average Bonchev–Trinajstić information content (AvgIpc) is 3.37. The maximum absolute atomic E-state index is 12.5. The highest BCUT2D eigenvalue weighted by molar-refractivity contribution is 5.90. The van der Waals surface area contributed by atoms with Crippen LogP contribution in [0.1, 0.15) is 0 Å². The highest BCUT2D eigenvalue weighted by Crippen LogP contribution is 2.26. The van der Waals surface area contributed by atoms with Gasteiger partial charge in [-0.2, -0.15) is 31.1 Å². The van der Waals surface area contributed by atoms with E-state index in [0.717, 1.165) is 0 Å². The van der Waals surface area contributed by atoms with E-state index in [2.05, 4.69) is 25.7 Å². The number of nitrogens with one attached hydrogen (secondary N) is 2. The number of alkyl halides is 6. The van der Waals surface area contributed by atoms with Crippen molar-refractivity contribution in [3.8, 4) is 22.6 Å². The zero-order valence-corrected chi connectivity index (χ0v) is 18.1. The zero-order chi connectivity index (χ0) is 24.5. The Morgan fingerprint density at radius 1 is 1.00 bits per heavy atom. The van der Waals surface area contributed by atoms with Gasteiger partial charge < -0.3 is 10.6 Å². The summed E-state index contributed by atoms with van der Waals surface area (Å²) in [6.07, 6.45) is -5.89. The molecule has 0 unspecified atom stereocenters. The number of hydrogen-bond donors (Lipinski definition) is 2. The second kappa shape index (κ2) is 9.77. The van der Waals surface area contributed by atoms with Gasteiger partial charge >= 0.3 is 18.4 Å². The number of pyridine rings is 1. The van der Waals surface area contributed by atoms with E-state index in [1.54, 1.807) is 46.2 Å². The van der Waals surface area contributed by atoms with Crippen LogP contribution in [0.4, 0.5) is 36.8 Å². The normalized spacial score (nSPS) is 11.8. The van der Waals surface area contributed by atoms with E-state index in [0.29, 0.717) is 27.3 Å². The van der Waals surface area contributed by atoms with Crippen molar-refractivity contribution in [1.82, 2.24) is 34.9 Å². The Labute approximate surface area is 198 Å². The van der Waals surface area contributed by atoms with E-state index >= 15 is 0 Å². The van der Waals surface area contributed by atoms with Gasteiger partial charge in [-0.15, -0.1) is 22.6 Å². The van der Waals surface area contributed by atoms with E-state index in [4.69, 9.17) is 0 Å². The molecule has 0 fully saturated rings. The predicted octanol–water partition coefficient (Wildman–Crippen LogP) is 4.32. The average molecular weight is 521 g/mol. The molecule has 1 aromatic carbocycles. The third kappa shape index (κ3) is 6.59. The number of nitrogens with zero attached hydrogens (tertiary/aromatic N) is 6. The first-order valence-corrected chi connectivity index (χ1v) is 9.51. The fourth-order valence-corrected chi connectivity index (χ4v) is 3.03. The molecule has 9 nitrogen and oxygen atoms in total. The van der Waals surface area contributed by atoms with Gasteiger partial charge in [-0.1, -0.05) is 12.1 Å². The zero-order valence-electron chi connectivity index (χ0n) is 17.3. The first-order chi connectivity index (χ1) is 16.0. The Kier molecular flexibility index (Phi) is 7.19. The second-order valence-corrected chi connectivity index (χ2v) is 7.05. The minimum absolute atomic E-state index is 0. The van der Waals surface area contributed by atoms with Crippen LogP contribution in [0, 0.1) is 0 Å². The number of amides is 2. The lowest BCUT2D eigenvalue weighted by molar-refractivity contribution is -0.145. The van der Waals surface area contributed by atoms with E-state index in [9.17, 15) is 31.1 Å². The van der Waals surface area contributed by atoms with Gasteiger partial charge in [0.25, 0.3) is 0 Å². The lowest BCUT2D eigenvalue weighted by Gasteiger charge is -2.10. The van der Waals surface area contributed by atoms with Gasteiger partial charge in [0.05, 0.1) is 11.9 Å². The quantitative estimate of drug-likeness (QED) is 0.382. The van der Waals surface area contributed by atoms with E-state index in [-0.39, 0.29) is 23.9 Å². The largest absolute Gasteiger partial charge is 0.409 e. The van der Waals surface area contributed by atoms with Crippen LogP contribution in [-0.2, 0) is 6.54 Å². The lowest BCUT2D eigenvalue weighted by atomic mass is 10.1. The molecule has 186 valence electrons. The monoisotopic (exact) mass is 520 g/mol. The minimum atomic E-state index is -4.53. The molecule has 3 aromatic heterocycles. The Bertz CT molecular complexity index is 1330. The van der Waals surface area contributed by atoms with Crippen LogP contribution in [0.2, 0.25) is 0 Å². The van der Waals surface area contributed by atoms with Gasteiger partial charge in [-0.05, 0) is 29.5 Å². The summed E-state index contributed by atoms with van der Waals surface area (Å²) < 4.78 is 75.9. The van der Waals surface area contributed by atoms with Crippen molar-refractivity contribution in [2.45, 2.75) is 18.9 Å². The maximum Gasteiger partial charge on any atom is 0.409 e. The molecular weight excluding hydrogens is 506 g/mol. The molecule has 4 aromatic rings. The van der Waals surface area contributed by atoms with Crippen LogP contribution < -0.4 is 10.6 Å². The van der Waals surface area contributed by atoms with Crippen molar-refractivity contribution in [2.75, 3.05) is 11.9 Å². The Morgan fingerprint density at radius 3 is 2.49 bits per heavy atom. The smallest absolute Gasteiger partial charge is 0.329 e. The molecule has 0 aliphatic carbocycles. The number of urea groups is 1. The minimum Gasteiger partial charge on any atom is -0.329 e. The molecule has 2 N–H and O–H groups in total. The van der Waals surface area contributed by atoms with Gasteiger partial charge in [0.2, 0.25) is 5.82 Å². The summed E-state index contributed by atoms with van der Waals surface area (Å²) in [6.45, 7) is -2.83. The molecule has 0 spiro atoms. The summed E-state index contributed by atoms with van der Waals surface area (Å²) in [5.41, 5.74) is 2.28. The van der Waals surface area contributed by atoms with E-state index < -0.39 is 31.5 Å². The summed E-state index contributed by atoms with van der Waals surface area (Å²) >= 11 is 0. The number of carbonyl (C=O) groups is 1. The summed E-state index contributed by atoms with van der Waals surface area (Å²) in [5.74, 6) is -0.00707. The van der Waals surface area contributed by atoms with Gasteiger partial charge in [0, 0.05) is 23.0 Å². The highest BCUT2D eigenvalue weighted by atomic mass is 35.5. The van der Waals surface area contributed by atoms with Gasteiger partial charge in [0.15, 0.2) is 6.54 Å². The van der Waals surface area contributed by atoms with Crippen molar-refractivity contribution >= 4 is 29.8 Å². The fourth-order valence-electron chi connectivity index (χ4n) is 3.03. The Morgan fingerprint density at radius 2 is 1.77 bits per heavy atom. The van der Waals surface area contributed by atoms with Gasteiger partial charge in [-0.25, -0.2) is 9.78 Å². The third-order valence-electron chi connectivity index (χ3n) is 4.41. The number of halogens is 7. The molecule has 35 heavy (non-hydrogen) atoms. The summed E-state index contributed by atoms with van der Waals surface area (Å²) in [7, 11) is 0. The van der Waals surface area contributed by atoms with Gasteiger partial charge in [0.1, 0.15) is 12.2 Å². The number of tetrazole rings is 1. The highest BCUT2D eigenvalue weighted by Gasteiger charge is 2.30. The van der Waals surface area contributed by atoms with Crippen molar-refractivity contribution in [3.63, 3.8) is 0 Å². The molecule has 0 aliphatic heterocycles. The van der Waals surface area contributed by atoms with Crippen molar-refractivity contribution in [3.05, 3.63) is 48.8 Å². The molecule has 0 atom stereocenters. The Balaban J connectivity index is 0.00000342.